The molecule has 1 amide bonds. The Balaban J connectivity index is 2.26. The molecular formula is C15H14ClNO2. The molecule has 0 atom stereocenters. The number of carbonyl (C=O) groups is 1. The third kappa shape index (κ3) is 3.06. The van der Waals surface area contributed by atoms with Crippen LogP contribution in [-0.4, -0.2) is 11.0 Å². The molecule has 0 aliphatic carbocycles. The molecule has 0 radical (unpaired) electrons. The summed E-state index contributed by atoms with van der Waals surface area (Å²) >= 11 is 5.81. The highest BCUT2D eigenvalue weighted by Gasteiger charge is 2.12. The first-order chi connectivity index (χ1) is 9.11. The molecule has 0 fully saturated rings. The van der Waals surface area contributed by atoms with Crippen molar-refractivity contribution in [3.8, 4) is 5.75 Å². The Morgan fingerprint density at radius 3 is 2.68 bits per heavy atom. The van der Waals surface area contributed by atoms with Crippen molar-refractivity contribution in [1.29, 1.82) is 0 Å². The monoisotopic (exact) mass is 275 g/mol. The molecule has 0 saturated carbocycles. The van der Waals surface area contributed by atoms with Crippen LogP contribution in [0.15, 0.2) is 42.5 Å². The van der Waals surface area contributed by atoms with Gasteiger partial charge in [-0.05, 0) is 36.2 Å². The molecule has 19 heavy (non-hydrogen) atoms. The van der Waals surface area contributed by atoms with E-state index in [9.17, 15) is 9.90 Å². The molecule has 2 aromatic rings. The van der Waals surface area contributed by atoms with E-state index in [1.54, 1.807) is 24.3 Å². The number of hydrogen-bond donors (Lipinski definition) is 2. The summed E-state index contributed by atoms with van der Waals surface area (Å²) in [5.74, 6) is -0.0630. The fraction of sp³-hybridized carbons (Fsp3) is 0.133. The van der Waals surface area contributed by atoms with Gasteiger partial charge < -0.3 is 10.4 Å². The molecule has 98 valence electrons. The third-order valence-corrected chi connectivity index (χ3v) is 3.10. The van der Waals surface area contributed by atoms with E-state index in [0.29, 0.717) is 11.6 Å². The van der Waals surface area contributed by atoms with Crippen molar-refractivity contribution in [1.82, 2.24) is 0 Å². The van der Waals surface area contributed by atoms with E-state index < -0.39 is 0 Å². The normalized spacial score (nSPS) is 10.2. The van der Waals surface area contributed by atoms with Crippen LogP contribution in [0.5, 0.6) is 5.75 Å². The number of hydrogen-bond acceptors (Lipinski definition) is 2. The Morgan fingerprint density at radius 1 is 1.26 bits per heavy atom. The van der Waals surface area contributed by atoms with Gasteiger partial charge in [0.2, 0.25) is 0 Å². The van der Waals surface area contributed by atoms with E-state index in [1.165, 1.54) is 0 Å². The van der Waals surface area contributed by atoms with Crippen LogP contribution in [-0.2, 0) is 5.88 Å². The smallest absolute Gasteiger partial charge is 0.259 e. The minimum absolute atomic E-state index is 0.0270. The standard InChI is InChI=1S/C15H14ClNO2/c1-10-6-7-12(14(18)8-10)15(19)17-13-5-3-2-4-11(13)9-16/h2-8,18H,9H2,1H3,(H,17,19). The molecular weight excluding hydrogens is 262 g/mol. The van der Waals surface area contributed by atoms with Crippen LogP contribution < -0.4 is 5.32 Å². The molecule has 4 heteroatoms. The summed E-state index contributed by atoms with van der Waals surface area (Å²) < 4.78 is 0. The fourth-order valence-electron chi connectivity index (χ4n) is 1.78. The lowest BCUT2D eigenvalue weighted by Crippen LogP contribution is -2.13. The first-order valence-corrected chi connectivity index (χ1v) is 6.40. The van der Waals surface area contributed by atoms with E-state index in [1.807, 2.05) is 25.1 Å². The van der Waals surface area contributed by atoms with Gasteiger partial charge in [0.15, 0.2) is 0 Å². The molecule has 0 aliphatic rings. The highest BCUT2D eigenvalue weighted by atomic mass is 35.5. The molecule has 0 spiro atoms. The maximum atomic E-state index is 12.1. The van der Waals surface area contributed by atoms with Crippen LogP contribution in [0.4, 0.5) is 5.69 Å². The number of halogens is 1. The average Bonchev–Trinajstić information content (AvgIpc) is 2.39. The van der Waals surface area contributed by atoms with Gasteiger partial charge in [0.25, 0.3) is 5.91 Å². The molecule has 2 aromatic carbocycles. The number of phenolic OH excluding ortho intramolecular Hbond substituents is 1. The molecule has 0 aromatic heterocycles. The topological polar surface area (TPSA) is 49.3 Å². The second kappa shape index (κ2) is 5.76. The van der Waals surface area contributed by atoms with Crippen molar-refractivity contribution in [2.75, 3.05) is 5.32 Å². The summed E-state index contributed by atoms with van der Waals surface area (Å²) in [6.07, 6.45) is 0. The second-order valence-electron chi connectivity index (χ2n) is 4.27. The lowest BCUT2D eigenvalue weighted by Gasteiger charge is -2.10. The maximum Gasteiger partial charge on any atom is 0.259 e. The molecule has 3 nitrogen and oxygen atoms in total. The number of alkyl halides is 1. The van der Waals surface area contributed by atoms with Crippen molar-refractivity contribution in [3.05, 3.63) is 59.2 Å². The van der Waals surface area contributed by atoms with E-state index in [4.69, 9.17) is 11.6 Å². The predicted molar refractivity (Wildman–Crippen MR) is 76.8 cm³/mol. The Labute approximate surface area is 116 Å². The Kier molecular flexibility index (Phi) is 4.07. The van der Waals surface area contributed by atoms with E-state index >= 15 is 0 Å². The Morgan fingerprint density at radius 2 is 2.00 bits per heavy atom. The number of benzene rings is 2. The second-order valence-corrected chi connectivity index (χ2v) is 4.53. The number of para-hydroxylation sites is 1. The van der Waals surface area contributed by atoms with Gasteiger partial charge in [-0.1, -0.05) is 24.3 Å². The molecule has 0 bridgehead atoms. The summed E-state index contributed by atoms with van der Waals surface area (Å²) in [6, 6.07) is 12.2. The number of aromatic hydroxyl groups is 1. The first-order valence-electron chi connectivity index (χ1n) is 5.86. The number of aryl methyl sites for hydroxylation is 1. The number of nitrogens with one attached hydrogen (secondary N) is 1. The Bertz CT molecular complexity index is 611. The van der Waals surface area contributed by atoms with Crippen LogP contribution in [0, 0.1) is 6.92 Å². The largest absolute Gasteiger partial charge is 0.507 e. The van der Waals surface area contributed by atoms with Gasteiger partial charge in [0.05, 0.1) is 5.56 Å². The van der Waals surface area contributed by atoms with Crippen molar-refractivity contribution in [3.63, 3.8) is 0 Å². The highest BCUT2D eigenvalue weighted by Crippen LogP contribution is 2.22. The average molecular weight is 276 g/mol. The van der Waals surface area contributed by atoms with Crippen LogP contribution >= 0.6 is 11.6 Å². The summed E-state index contributed by atoms with van der Waals surface area (Å²) in [4.78, 5) is 12.1. The van der Waals surface area contributed by atoms with Crippen LogP contribution in [0.3, 0.4) is 0 Å². The molecule has 0 saturated heterocycles. The summed E-state index contributed by atoms with van der Waals surface area (Å²) in [5.41, 5.74) is 2.64. The quantitative estimate of drug-likeness (QED) is 0.839. The third-order valence-electron chi connectivity index (χ3n) is 2.81. The minimum atomic E-state index is -0.352. The molecule has 2 rings (SSSR count). The zero-order valence-corrected chi connectivity index (χ0v) is 11.2. The predicted octanol–water partition coefficient (Wildman–Crippen LogP) is 3.69. The molecule has 0 unspecified atom stereocenters. The van der Waals surface area contributed by atoms with Gasteiger partial charge in [-0.2, -0.15) is 0 Å². The minimum Gasteiger partial charge on any atom is -0.507 e. The van der Waals surface area contributed by atoms with Crippen LogP contribution in [0.1, 0.15) is 21.5 Å². The van der Waals surface area contributed by atoms with Crippen molar-refractivity contribution in [2.45, 2.75) is 12.8 Å². The van der Waals surface area contributed by atoms with Crippen LogP contribution in [0.2, 0.25) is 0 Å². The van der Waals surface area contributed by atoms with E-state index in [0.717, 1.165) is 11.1 Å². The van der Waals surface area contributed by atoms with E-state index in [2.05, 4.69) is 5.32 Å². The first kappa shape index (κ1) is 13.4. The summed E-state index contributed by atoms with van der Waals surface area (Å²) in [6.45, 7) is 1.85. The lowest BCUT2D eigenvalue weighted by atomic mass is 10.1. The van der Waals surface area contributed by atoms with Crippen molar-refractivity contribution < 1.29 is 9.90 Å². The van der Waals surface area contributed by atoms with Gasteiger partial charge in [-0.25, -0.2) is 0 Å². The lowest BCUT2D eigenvalue weighted by molar-refractivity contribution is 0.102. The van der Waals surface area contributed by atoms with Gasteiger partial charge in [0, 0.05) is 11.6 Å². The Hall–Kier alpha value is -2.00. The molecule has 0 heterocycles. The van der Waals surface area contributed by atoms with Gasteiger partial charge in [-0.3, -0.25) is 4.79 Å². The van der Waals surface area contributed by atoms with Gasteiger partial charge in [-0.15, -0.1) is 11.6 Å². The van der Waals surface area contributed by atoms with Crippen molar-refractivity contribution in [2.24, 2.45) is 0 Å². The SMILES string of the molecule is Cc1ccc(C(=O)Nc2ccccc2CCl)c(O)c1. The zero-order valence-electron chi connectivity index (χ0n) is 10.5. The van der Waals surface area contributed by atoms with E-state index in [-0.39, 0.29) is 17.2 Å². The summed E-state index contributed by atoms with van der Waals surface area (Å²) in [7, 11) is 0. The highest BCUT2D eigenvalue weighted by molar-refractivity contribution is 6.17. The maximum absolute atomic E-state index is 12.1. The molecule has 0 aliphatic heterocycles. The fourth-order valence-corrected chi connectivity index (χ4v) is 2.02. The number of rotatable bonds is 3. The number of carbonyl (C=O) groups excluding carboxylic acids is 1. The zero-order chi connectivity index (χ0) is 13.8. The van der Waals surface area contributed by atoms with Crippen LogP contribution in [0.25, 0.3) is 0 Å². The number of phenols is 1. The van der Waals surface area contributed by atoms with Gasteiger partial charge >= 0.3 is 0 Å². The van der Waals surface area contributed by atoms with Gasteiger partial charge in [0.1, 0.15) is 5.75 Å². The summed E-state index contributed by atoms with van der Waals surface area (Å²) in [5, 5.41) is 12.5. The number of anilines is 1. The molecule has 2 N–H and O–H groups in total. The van der Waals surface area contributed by atoms with Crippen molar-refractivity contribution >= 4 is 23.2 Å². The number of amides is 1.